The third kappa shape index (κ3) is 65.4. The van der Waals surface area contributed by atoms with Gasteiger partial charge in [-0.15, -0.1) is 0 Å². The van der Waals surface area contributed by atoms with Crippen LogP contribution in [0.3, 0.4) is 0 Å². The lowest BCUT2D eigenvalue weighted by Crippen LogP contribution is -2.30. The van der Waals surface area contributed by atoms with Gasteiger partial charge in [-0.25, -0.2) is 9.13 Å². The SMILES string of the molecule is CCC(C)CCCCCCCCC(=O)OC[C@H](COP(=O)(O)OC[C@H](O)COP(=O)(O)OC[C@@H](COC(=O)CCCCCCCCCCC(C)C)OC(=O)CCCCCCCCCCCCC(C)C)OC(=O)CCCCCCCCCCCCCCCCCC(C)C. The van der Waals surface area contributed by atoms with Gasteiger partial charge in [-0.2, -0.15) is 0 Å². The molecule has 0 spiro atoms. The summed E-state index contributed by atoms with van der Waals surface area (Å²) in [6, 6.07) is 0. The lowest BCUT2D eigenvalue weighted by Gasteiger charge is -2.21. The Labute approximate surface area is 562 Å². The average molecular weight is 1350 g/mol. The Balaban J connectivity index is 5.23. The van der Waals surface area contributed by atoms with Gasteiger partial charge >= 0.3 is 39.5 Å². The topological polar surface area (TPSA) is 237 Å². The third-order valence-electron chi connectivity index (χ3n) is 17.2. The Hall–Kier alpha value is -1.94. The fourth-order valence-electron chi connectivity index (χ4n) is 11.0. The highest BCUT2D eigenvalue weighted by atomic mass is 31.2. The van der Waals surface area contributed by atoms with Crippen molar-refractivity contribution in [2.75, 3.05) is 39.6 Å². The molecule has 546 valence electrons. The van der Waals surface area contributed by atoms with Crippen molar-refractivity contribution in [1.29, 1.82) is 0 Å². The van der Waals surface area contributed by atoms with E-state index in [1.54, 1.807) is 0 Å². The number of carbonyl (C=O) groups is 4. The van der Waals surface area contributed by atoms with Crippen molar-refractivity contribution in [2.45, 2.75) is 382 Å². The van der Waals surface area contributed by atoms with E-state index in [0.29, 0.717) is 25.7 Å². The van der Waals surface area contributed by atoms with E-state index in [2.05, 4.69) is 55.4 Å². The number of unbranched alkanes of at least 4 members (excludes halogenated alkanes) is 35. The van der Waals surface area contributed by atoms with Crippen molar-refractivity contribution in [1.82, 2.24) is 0 Å². The maximum absolute atomic E-state index is 13.0. The van der Waals surface area contributed by atoms with Gasteiger partial charge in [0.05, 0.1) is 26.4 Å². The molecule has 17 nitrogen and oxygen atoms in total. The predicted molar refractivity (Wildman–Crippen MR) is 372 cm³/mol. The molecule has 92 heavy (non-hydrogen) atoms. The first-order chi connectivity index (χ1) is 44.1. The minimum absolute atomic E-state index is 0.105. The van der Waals surface area contributed by atoms with Crippen molar-refractivity contribution in [2.24, 2.45) is 23.7 Å². The largest absolute Gasteiger partial charge is 0.472 e. The van der Waals surface area contributed by atoms with Crippen LogP contribution < -0.4 is 0 Å². The number of rotatable bonds is 70. The van der Waals surface area contributed by atoms with Gasteiger partial charge in [-0.1, -0.05) is 312 Å². The number of phosphoric acid groups is 2. The summed E-state index contributed by atoms with van der Waals surface area (Å²) < 4.78 is 68.4. The molecule has 0 saturated carbocycles. The Morgan fingerprint density at radius 2 is 0.522 bits per heavy atom. The number of hydrogen-bond donors (Lipinski definition) is 3. The molecule has 0 radical (unpaired) electrons. The summed E-state index contributed by atoms with van der Waals surface area (Å²) in [5, 5.41) is 10.6. The molecule has 0 aromatic carbocycles. The zero-order chi connectivity index (χ0) is 68.2. The molecule has 0 aliphatic carbocycles. The second-order valence-electron chi connectivity index (χ2n) is 28.0. The van der Waals surface area contributed by atoms with Gasteiger partial charge in [0.25, 0.3) is 0 Å². The zero-order valence-corrected chi connectivity index (χ0v) is 62.0. The zero-order valence-electron chi connectivity index (χ0n) is 60.2. The van der Waals surface area contributed by atoms with Crippen LogP contribution in [0.15, 0.2) is 0 Å². The molecule has 0 amide bonds. The van der Waals surface area contributed by atoms with Crippen LogP contribution in [-0.4, -0.2) is 96.7 Å². The smallest absolute Gasteiger partial charge is 0.462 e. The van der Waals surface area contributed by atoms with Gasteiger partial charge in [0.1, 0.15) is 19.3 Å². The minimum Gasteiger partial charge on any atom is -0.462 e. The Morgan fingerprint density at radius 1 is 0.304 bits per heavy atom. The van der Waals surface area contributed by atoms with Crippen LogP contribution in [-0.2, 0) is 65.4 Å². The second kappa shape index (κ2) is 62.6. The number of ether oxygens (including phenoxy) is 4. The summed E-state index contributed by atoms with van der Waals surface area (Å²) in [4.78, 5) is 72.7. The molecular formula is C73H142O17P2. The summed E-state index contributed by atoms with van der Waals surface area (Å²) in [7, 11) is -9.91. The fraction of sp³-hybridized carbons (Fsp3) is 0.945. The predicted octanol–water partition coefficient (Wildman–Crippen LogP) is 20.9. The number of phosphoric ester groups is 2. The van der Waals surface area contributed by atoms with E-state index in [-0.39, 0.29) is 25.7 Å². The van der Waals surface area contributed by atoms with Gasteiger partial charge in [0, 0.05) is 25.7 Å². The molecular weight excluding hydrogens is 1210 g/mol. The molecule has 0 aromatic heterocycles. The summed E-state index contributed by atoms with van der Waals surface area (Å²) in [5.41, 5.74) is 0. The fourth-order valence-corrected chi connectivity index (χ4v) is 12.6. The van der Waals surface area contributed by atoms with Crippen LogP contribution in [0.25, 0.3) is 0 Å². The normalized spacial score (nSPS) is 14.5. The van der Waals surface area contributed by atoms with E-state index in [1.165, 1.54) is 161 Å². The van der Waals surface area contributed by atoms with E-state index in [0.717, 1.165) is 120 Å². The van der Waals surface area contributed by atoms with E-state index in [4.69, 9.17) is 37.0 Å². The average Bonchev–Trinajstić information content (AvgIpc) is 1.86. The first-order valence-electron chi connectivity index (χ1n) is 37.7. The maximum Gasteiger partial charge on any atom is 0.472 e. The van der Waals surface area contributed by atoms with Gasteiger partial charge < -0.3 is 33.8 Å². The molecule has 0 aliphatic rings. The summed E-state index contributed by atoms with van der Waals surface area (Å²) >= 11 is 0. The summed E-state index contributed by atoms with van der Waals surface area (Å²) in [5.74, 6) is 0.885. The number of aliphatic hydroxyl groups is 1. The Kier molecular flexibility index (Phi) is 61.3. The van der Waals surface area contributed by atoms with Crippen LogP contribution in [0, 0.1) is 23.7 Å². The summed E-state index contributed by atoms with van der Waals surface area (Å²) in [6.45, 7) is 14.1. The van der Waals surface area contributed by atoms with E-state index in [1.807, 2.05) is 0 Å². The van der Waals surface area contributed by atoms with Gasteiger partial charge in [0.2, 0.25) is 0 Å². The number of carbonyl (C=O) groups excluding carboxylic acids is 4. The Bertz CT molecular complexity index is 1820. The van der Waals surface area contributed by atoms with Crippen molar-refractivity contribution in [3.05, 3.63) is 0 Å². The van der Waals surface area contributed by atoms with Crippen molar-refractivity contribution in [3.63, 3.8) is 0 Å². The van der Waals surface area contributed by atoms with E-state index >= 15 is 0 Å². The highest BCUT2D eigenvalue weighted by Gasteiger charge is 2.30. The molecule has 0 aromatic rings. The van der Waals surface area contributed by atoms with E-state index in [9.17, 15) is 43.2 Å². The standard InChI is InChI=1S/C73H142O17P2/c1-9-66(8)52-44-36-31-32-38-46-54-71(76)84-60-69(90-72(77)55-47-39-29-21-16-14-12-10-11-13-15-19-25-33-41-49-63(2)3)62-88-92(81,82)86-58-67(74)57-85-91(79,80)87-61-68(59-83-70(75)53-45-37-28-24-23-27-35-43-51-65(6)7)89-73(78)56-48-40-30-22-18-17-20-26-34-42-50-64(4)5/h63-69,74H,9-62H2,1-8H3,(H,79,80)(H,81,82)/t66?,67-,68-,69-/m1/s1. The van der Waals surface area contributed by atoms with Gasteiger partial charge in [0.15, 0.2) is 12.2 Å². The molecule has 0 saturated heterocycles. The lowest BCUT2D eigenvalue weighted by atomic mass is 10.00. The van der Waals surface area contributed by atoms with Crippen LogP contribution in [0.4, 0.5) is 0 Å². The number of esters is 4. The lowest BCUT2D eigenvalue weighted by molar-refractivity contribution is -0.161. The molecule has 0 aliphatic heterocycles. The Morgan fingerprint density at radius 3 is 0.772 bits per heavy atom. The third-order valence-corrected chi connectivity index (χ3v) is 19.1. The quantitative estimate of drug-likeness (QED) is 0.0222. The second-order valence-corrected chi connectivity index (χ2v) is 30.9. The highest BCUT2D eigenvalue weighted by molar-refractivity contribution is 7.47. The van der Waals surface area contributed by atoms with Crippen molar-refractivity contribution >= 4 is 39.5 Å². The van der Waals surface area contributed by atoms with E-state index < -0.39 is 97.5 Å². The molecule has 0 bridgehead atoms. The molecule has 0 rings (SSSR count). The van der Waals surface area contributed by atoms with Crippen molar-refractivity contribution in [3.8, 4) is 0 Å². The number of hydrogen-bond acceptors (Lipinski definition) is 15. The first kappa shape index (κ1) is 90.1. The molecule has 19 heteroatoms. The summed E-state index contributed by atoms with van der Waals surface area (Å²) in [6.07, 6.45) is 45.9. The highest BCUT2D eigenvalue weighted by Crippen LogP contribution is 2.45. The van der Waals surface area contributed by atoms with Crippen LogP contribution >= 0.6 is 15.6 Å². The van der Waals surface area contributed by atoms with Crippen LogP contribution in [0.1, 0.15) is 364 Å². The molecule has 0 heterocycles. The molecule has 3 N–H and O–H groups in total. The maximum atomic E-state index is 13.0. The first-order valence-corrected chi connectivity index (χ1v) is 40.7. The number of aliphatic hydroxyl groups excluding tert-OH is 1. The van der Waals surface area contributed by atoms with Gasteiger partial charge in [-0.3, -0.25) is 37.3 Å². The molecule has 0 fully saturated rings. The molecule has 3 unspecified atom stereocenters. The minimum atomic E-state index is -4.95. The van der Waals surface area contributed by atoms with Crippen LogP contribution in [0.2, 0.25) is 0 Å². The van der Waals surface area contributed by atoms with Crippen LogP contribution in [0.5, 0.6) is 0 Å². The van der Waals surface area contributed by atoms with Crippen molar-refractivity contribution < 1.29 is 80.2 Å². The van der Waals surface area contributed by atoms with Gasteiger partial charge in [-0.05, 0) is 49.4 Å². The monoisotopic (exact) mass is 1350 g/mol. The molecule has 6 atom stereocenters.